The second-order valence-electron chi connectivity index (χ2n) is 4.80. The van der Waals surface area contributed by atoms with E-state index >= 15 is 0 Å². The predicted octanol–water partition coefficient (Wildman–Crippen LogP) is 2.78. The molecule has 0 radical (unpaired) electrons. The first-order valence-corrected chi connectivity index (χ1v) is 6.92. The van der Waals surface area contributed by atoms with Crippen LogP contribution < -0.4 is 5.32 Å². The lowest BCUT2D eigenvalue weighted by Gasteiger charge is -2.20. The van der Waals surface area contributed by atoms with Crippen LogP contribution in [0.1, 0.15) is 18.5 Å². The number of rotatable bonds is 5. The molecule has 0 aliphatic carbocycles. The summed E-state index contributed by atoms with van der Waals surface area (Å²) in [7, 11) is 0. The SMILES string of the molecule is CCNC(Cn1cncn1)c1cccc2ccccc12. The van der Waals surface area contributed by atoms with Crippen molar-refractivity contribution < 1.29 is 0 Å². The normalized spacial score (nSPS) is 12.7. The van der Waals surface area contributed by atoms with E-state index in [2.05, 4.69) is 64.8 Å². The van der Waals surface area contributed by atoms with E-state index in [1.807, 2.05) is 4.68 Å². The van der Waals surface area contributed by atoms with Crippen LogP contribution in [0.15, 0.2) is 55.1 Å². The number of hydrogen-bond donors (Lipinski definition) is 1. The summed E-state index contributed by atoms with van der Waals surface area (Å²) in [6, 6.07) is 15.2. The zero-order valence-corrected chi connectivity index (χ0v) is 11.5. The minimum Gasteiger partial charge on any atom is -0.309 e. The van der Waals surface area contributed by atoms with Gasteiger partial charge in [-0.2, -0.15) is 5.10 Å². The summed E-state index contributed by atoms with van der Waals surface area (Å²) < 4.78 is 1.87. The molecule has 1 N–H and O–H groups in total. The van der Waals surface area contributed by atoms with Crippen molar-refractivity contribution in [1.82, 2.24) is 20.1 Å². The number of nitrogens with zero attached hydrogens (tertiary/aromatic N) is 3. The smallest absolute Gasteiger partial charge is 0.137 e. The van der Waals surface area contributed by atoms with Gasteiger partial charge >= 0.3 is 0 Å². The zero-order valence-electron chi connectivity index (χ0n) is 11.5. The predicted molar refractivity (Wildman–Crippen MR) is 80.4 cm³/mol. The van der Waals surface area contributed by atoms with Crippen LogP contribution in [0.25, 0.3) is 10.8 Å². The number of benzene rings is 2. The Balaban J connectivity index is 2.00. The molecule has 3 rings (SSSR count). The van der Waals surface area contributed by atoms with E-state index < -0.39 is 0 Å². The lowest BCUT2D eigenvalue weighted by atomic mass is 9.98. The Labute approximate surface area is 118 Å². The highest BCUT2D eigenvalue weighted by Gasteiger charge is 2.14. The number of nitrogens with one attached hydrogen (secondary N) is 1. The fraction of sp³-hybridized carbons (Fsp3) is 0.250. The Morgan fingerprint density at radius 2 is 2.00 bits per heavy atom. The molecule has 0 saturated carbocycles. The summed E-state index contributed by atoms with van der Waals surface area (Å²) >= 11 is 0. The first-order chi connectivity index (χ1) is 9.88. The summed E-state index contributed by atoms with van der Waals surface area (Å²) in [5, 5.41) is 10.3. The Bertz CT molecular complexity index is 671. The molecule has 102 valence electrons. The molecule has 1 atom stereocenters. The Morgan fingerprint density at radius 3 is 2.80 bits per heavy atom. The molecule has 0 fully saturated rings. The van der Waals surface area contributed by atoms with E-state index in [-0.39, 0.29) is 6.04 Å². The number of hydrogen-bond acceptors (Lipinski definition) is 3. The molecule has 0 aliphatic heterocycles. The maximum atomic E-state index is 4.21. The number of likely N-dealkylation sites (N-methyl/N-ethyl adjacent to an activating group) is 1. The van der Waals surface area contributed by atoms with Crippen molar-refractivity contribution in [1.29, 1.82) is 0 Å². The molecule has 0 bridgehead atoms. The summed E-state index contributed by atoms with van der Waals surface area (Å²) in [5.74, 6) is 0. The third-order valence-corrected chi connectivity index (χ3v) is 3.49. The van der Waals surface area contributed by atoms with E-state index in [0.717, 1.165) is 13.1 Å². The van der Waals surface area contributed by atoms with Gasteiger partial charge in [-0.05, 0) is 22.9 Å². The summed E-state index contributed by atoms with van der Waals surface area (Å²) in [6.07, 6.45) is 3.33. The number of aromatic nitrogens is 3. The third-order valence-electron chi connectivity index (χ3n) is 3.49. The minimum absolute atomic E-state index is 0.229. The third kappa shape index (κ3) is 2.56. The highest BCUT2D eigenvalue weighted by molar-refractivity contribution is 5.86. The van der Waals surface area contributed by atoms with E-state index in [9.17, 15) is 0 Å². The van der Waals surface area contributed by atoms with Crippen molar-refractivity contribution in [3.8, 4) is 0 Å². The van der Waals surface area contributed by atoms with Crippen molar-refractivity contribution in [2.24, 2.45) is 0 Å². The maximum absolute atomic E-state index is 4.21. The van der Waals surface area contributed by atoms with Gasteiger partial charge in [0.25, 0.3) is 0 Å². The van der Waals surface area contributed by atoms with Crippen molar-refractivity contribution in [2.45, 2.75) is 19.5 Å². The average molecular weight is 266 g/mol. The van der Waals surface area contributed by atoms with Gasteiger partial charge in [-0.1, -0.05) is 49.4 Å². The van der Waals surface area contributed by atoms with Crippen LogP contribution in [0.5, 0.6) is 0 Å². The summed E-state index contributed by atoms with van der Waals surface area (Å²) in [6.45, 7) is 3.82. The molecule has 0 saturated heterocycles. The lowest BCUT2D eigenvalue weighted by Crippen LogP contribution is -2.25. The Morgan fingerprint density at radius 1 is 1.15 bits per heavy atom. The van der Waals surface area contributed by atoms with Crippen LogP contribution in [-0.2, 0) is 6.54 Å². The molecule has 1 aromatic heterocycles. The molecule has 20 heavy (non-hydrogen) atoms. The van der Waals surface area contributed by atoms with Crippen molar-refractivity contribution in [3.63, 3.8) is 0 Å². The van der Waals surface area contributed by atoms with Crippen LogP contribution in [0.4, 0.5) is 0 Å². The number of fused-ring (bicyclic) bond motifs is 1. The average Bonchev–Trinajstić information content (AvgIpc) is 2.99. The highest BCUT2D eigenvalue weighted by Crippen LogP contribution is 2.25. The highest BCUT2D eigenvalue weighted by atomic mass is 15.3. The fourth-order valence-corrected chi connectivity index (χ4v) is 2.59. The molecule has 4 nitrogen and oxygen atoms in total. The van der Waals surface area contributed by atoms with Gasteiger partial charge in [-0.3, -0.25) is 4.68 Å². The van der Waals surface area contributed by atoms with Crippen LogP contribution >= 0.6 is 0 Å². The maximum Gasteiger partial charge on any atom is 0.137 e. The molecule has 1 heterocycles. The van der Waals surface area contributed by atoms with Crippen molar-refractivity contribution in [2.75, 3.05) is 6.54 Å². The van der Waals surface area contributed by atoms with E-state index in [4.69, 9.17) is 0 Å². The molecule has 0 amide bonds. The van der Waals surface area contributed by atoms with Crippen molar-refractivity contribution >= 4 is 10.8 Å². The van der Waals surface area contributed by atoms with Crippen LogP contribution in [-0.4, -0.2) is 21.3 Å². The standard InChI is InChI=1S/C16H18N4/c1-2-18-16(10-20-12-17-11-19-20)15-9-5-7-13-6-3-4-8-14(13)15/h3-9,11-12,16,18H,2,10H2,1H3. The summed E-state index contributed by atoms with van der Waals surface area (Å²) in [4.78, 5) is 4.02. The molecular formula is C16H18N4. The van der Waals surface area contributed by atoms with Crippen LogP contribution in [0.2, 0.25) is 0 Å². The second kappa shape index (κ2) is 5.84. The molecular weight excluding hydrogens is 248 g/mol. The van der Waals surface area contributed by atoms with Gasteiger partial charge in [0, 0.05) is 0 Å². The minimum atomic E-state index is 0.229. The van der Waals surface area contributed by atoms with Gasteiger partial charge in [-0.25, -0.2) is 4.98 Å². The lowest BCUT2D eigenvalue weighted by molar-refractivity contribution is 0.449. The molecule has 1 unspecified atom stereocenters. The molecule has 4 heteroatoms. The first kappa shape index (κ1) is 12.8. The van der Waals surface area contributed by atoms with Gasteiger partial charge < -0.3 is 5.32 Å². The molecule has 0 spiro atoms. The first-order valence-electron chi connectivity index (χ1n) is 6.92. The van der Waals surface area contributed by atoms with Gasteiger partial charge in [-0.15, -0.1) is 0 Å². The topological polar surface area (TPSA) is 42.7 Å². The van der Waals surface area contributed by atoms with Crippen molar-refractivity contribution in [3.05, 3.63) is 60.7 Å². The van der Waals surface area contributed by atoms with Gasteiger partial charge in [0.1, 0.15) is 12.7 Å². The van der Waals surface area contributed by atoms with Gasteiger partial charge in [0.15, 0.2) is 0 Å². The second-order valence-corrected chi connectivity index (χ2v) is 4.80. The van der Waals surface area contributed by atoms with E-state index in [0.29, 0.717) is 0 Å². The molecule has 2 aromatic carbocycles. The van der Waals surface area contributed by atoms with E-state index in [1.165, 1.54) is 16.3 Å². The zero-order chi connectivity index (χ0) is 13.8. The van der Waals surface area contributed by atoms with Crippen LogP contribution in [0, 0.1) is 0 Å². The Kier molecular flexibility index (Phi) is 3.74. The van der Waals surface area contributed by atoms with Gasteiger partial charge in [0.2, 0.25) is 0 Å². The quantitative estimate of drug-likeness (QED) is 0.772. The summed E-state index contributed by atoms with van der Waals surface area (Å²) in [5.41, 5.74) is 1.31. The molecule has 3 aromatic rings. The van der Waals surface area contributed by atoms with E-state index in [1.54, 1.807) is 12.7 Å². The molecule has 0 aliphatic rings. The monoisotopic (exact) mass is 266 g/mol. The Hall–Kier alpha value is -2.20. The fourth-order valence-electron chi connectivity index (χ4n) is 2.59. The van der Waals surface area contributed by atoms with Crippen LogP contribution in [0.3, 0.4) is 0 Å². The van der Waals surface area contributed by atoms with Gasteiger partial charge in [0.05, 0.1) is 12.6 Å². The largest absolute Gasteiger partial charge is 0.309 e.